The van der Waals surface area contributed by atoms with Crippen LogP contribution in [-0.4, -0.2) is 20.2 Å². The number of hydrogen-bond acceptors (Lipinski definition) is 3. The number of thiol groups is 1. The van der Waals surface area contributed by atoms with Crippen LogP contribution in [0.15, 0.2) is 12.2 Å². The van der Waals surface area contributed by atoms with Crippen LogP contribution in [0, 0.1) is 0 Å². The first kappa shape index (κ1) is 11.0. The Morgan fingerprint density at radius 3 is 2.00 bits per heavy atom. The minimum atomic E-state index is -0.199. The first-order valence-corrected chi connectivity index (χ1v) is 5.14. The molecule has 0 saturated carbocycles. The molecule has 0 aromatic carbocycles. The van der Waals surface area contributed by atoms with Crippen molar-refractivity contribution in [3.05, 3.63) is 23.5 Å². The molecule has 14 heavy (non-hydrogen) atoms. The van der Waals surface area contributed by atoms with E-state index in [9.17, 15) is 0 Å². The summed E-state index contributed by atoms with van der Waals surface area (Å²) in [6.45, 7) is 6.01. The Kier molecular flexibility index (Phi) is 3.52. The van der Waals surface area contributed by atoms with Crippen molar-refractivity contribution in [1.82, 2.24) is 15.4 Å². The molecule has 3 nitrogen and oxygen atoms in total. The van der Waals surface area contributed by atoms with Gasteiger partial charge in [-0.05, 0) is 19.1 Å². The van der Waals surface area contributed by atoms with E-state index >= 15 is 0 Å². The highest BCUT2D eigenvalue weighted by Crippen LogP contribution is 2.23. The maximum absolute atomic E-state index is 4.43. The lowest BCUT2D eigenvalue weighted by Crippen LogP contribution is -2.06. The van der Waals surface area contributed by atoms with Gasteiger partial charge < -0.3 is 0 Å². The van der Waals surface area contributed by atoms with Crippen LogP contribution in [0.4, 0.5) is 0 Å². The van der Waals surface area contributed by atoms with Crippen LogP contribution >= 0.6 is 12.6 Å². The van der Waals surface area contributed by atoms with E-state index < -0.39 is 0 Å². The lowest BCUT2D eigenvalue weighted by molar-refractivity contribution is 0.932. The number of hydrogen-bond donors (Lipinski definition) is 2. The van der Waals surface area contributed by atoms with Gasteiger partial charge in [0, 0.05) is 4.75 Å². The van der Waals surface area contributed by atoms with Gasteiger partial charge in [-0.2, -0.15) is 28.0 Å². The normalized spacial score (nSPS) is 16.6. The van der Waals surface area contributed by atoms with E-state index in [0.29, 0.717) is 0 Å². The lowest BCUT2D eigenvalue weighted by atomic mass is 10.1. The molecule has 1 heterocycles. The highest BCUT2D eigenvalue weighted by atomic mass is 32.1. The summed E-state index contributed by atoms with van der Waals surface area (Å²) in [5.41, 5.74) is 1.73. The van der Waals surface area contributed by atoms with Crippen molar-refractivity contribution >= 4 is 24.8 Å². The fourth-order valence-corrected chi connectivity index (χ4v) is 1.19. The monoisotopic (exact) mass is 209 g/mol. The Morgan fingerprint density at radius 1 is 1.14 bits per heavy atom. The summed E-state index contributed by atoms with van der Waals surface area (Å²) in [6.07, 6.45) is 7.82. The van der Waals surface area contributed by atoms with Gasteiger partial charge in [-0.25, -0.2) is 0 Å². The van der Waals surface area contributed by atoms with Crippen molar-refractivity contribution in [2.45, 2.75) is 25.5 Å². The molecule has 1 aromatic rings. The van der Waals surface area contributed by atoms with Crippen molar-refractivity contribution in [2.24, 2.45) is 0 Å². The number of fused-ring (bicyclic) bond motifs is 1. The molecule has 1 aliphatic rings. The minimum Gasteiger partial charge on any atom is -0.197 e. The molecule has 0 spiro atoms. The van der Waals surface area contributed by atoms with Crippen LogP contribution in [0.2, 0.25) is 0 Å². The second kappa shape index (κ2) is 4.46. The molecule has 76 valence electrons. The summed E-state index contributed by atoms with van der Waals surface area (Å²) >= 11 is 4.43. The van der Waals surface area contributed by atoms with Gasteiger partial charge >= 0.3 is 0 Å². The zero-order valence-corrected chi connectivity index (χ0v) is 9.55. The highest BCUT2D eigenvalue weighted by molar-refractivity contribution is 7.82. The van der Waals surface area contributed by atoms with Crippen molar-refractivity contribution in [2.75, 3.05) is 0 Å². The van der Waals surface area contributed by atoms with E-state index in [1.165, 1.54) is 0 Å². The Hall–Kier alpha value is -1.03. The van der Waals surface area contributed by atoms with Gasteiger partial charge in [0.1, 0.15) is 11.4 Å². The van der Waals surface area contributed by atoms with Crippen LogP contribution in [0.5, 0.6) is 0 Å². The van der Waals surface area contributed by atoms with Crippen LogP contribution in [0.1, 0.15) is 32.2 Å². The Bertz CT molecular complexity index is 320. The molecule has 1 N–H and O–H groups in total. The largest absolute Gasteiger partial charge is 0.197 e. The topological polar surface area (TPSA) is 41.6 Å². The van der Waals surface area contributed by atoms with Crippen LogP contribution in [0.3, 0.4) is 0 Å². The fraction of sp³-hybridized carbons (Fsp3) is 0.400. The lowest BCUT2D eigenvalue weighted by Gasteiger charge is -2.10. The third kappa shape index (κ3) is 2.48. The van der Waals surface area contributed by atoms with Crippen molar-refractivity contribution < 1.29 is 0 Å². The molecule has 0 fully saturated rings. The molecular weight excluding hydrogens is 194 g/mol. The Morgan fingerprint density at radius 2 is 1.57 bits per heavy atom. The van der Waals surface area contributed by atoms with Crippen LogP contribution < -0.4 is 0 Å². The Balaban J connectivity index is 0.000000461. The molecule has 0 bridgehead atoms. The number of nitrogens with one attached hydrogen (secondary N) is 1. The van der Waals surface area contributed by atoms with Gasteiger partial charge in [0.2, 0.25) is 0 Å². The summed E-state index contributed by atoms with van der Waals surface area (Å²) in [6, 6.07) is 0. The first-order chi connectivity index (χ1) is 6.67. The predicted molar refractivity (Wildman–Crippen MR) is 63.2 cm³/mol. The SMILES string of the molecule is CC.CC1(S)C=Cc2n[nH]nc2C=C1. The van der Waals surface area contributed by atoms with Crippen molar-refractivity contribution in [1.29, 1.82) is 0 Å². The van der Waals surface area contributed by atoms with Gasteiger partial charge in [0.15, 0.2) is 0 Å². The molecule has 0 atom stereocenters. The average molecular weight is 209 g/mol. The van der Waals surface area contributed by atoms with Gasteiger partial charge in [0.05, 0.1) is 0 Å². The number of aromatic nitrogens is 3. The fourth-order valence-electron chi connectivity index (χ4n) is 1.04. The summed E-state index contributed by atoms with van der Waals surface area (Å²) in [4.78, 5) is 0. The molecule has 0 amide bonds. The number of aromatic amines is 1. The highest BCUT2D eigenvalue weighted by Gasteiger charge is 2.14. The van der Waals surface area contributed by atoms with Gasteiger partial charge in [-0.1, -0.05) is 26.0 Å². The van der Waals surface area contributed by atoms with Gasteiger partial charge in [0.25, 0.3) is 0 Å². The molecule has 1 aromatic heterocycles. The van der Waals surface area contributed by atoms with Gasteiger partial charge in [-0.3, -0.25) is 0 Å². The van der Waals surface area contributed by atoms with E-state index in [-0.39, 0.29) is 4.75 Å². The molecule has 4 heteroatoms. The molecular formula is C10H15N3S. The van der Waals surface area contributed by atoms with E-state index in [1.807, 2.05) is 45.1 Å². The summed E-state index contributed by atoms with van der Waals surface area (Å²) < 4.78 is -0.199. The molecule has 1 aliphatic carbocycles. The standard InChI is InChI=1S/C8H9N3S.C2H6/c1-8(12)4-2-6-7(3-5-8)10-11-9-6;1-2/h2-5,12H,1H3,(H,9,10,11);1-2H3. The summed E-state index contributed by atoms with van der Waals surface area (Å²) in [7, 11) is 0. The Labute approximate surface area is 89.7 Å². The smallest absolute Gasteiger partial charge is 0.112 e. The summed E-state index contributed by atoms with van der Waals surface area (Å²) in [5.74, 6) is 0. The quantitative estimate of drug-likeness (QED) is 0.645. The third-order valence-electron chi connectivity index (χ3n) is 1.76. The second-order valence-corrected chi connectivity index (χ2v) is 3.95. The second-order valence-electron chi connectivity index (χ2n) is 2.99. The van der Waals surface area contributed by atoms with E-state index in [1.54, 1.807) is 0 Å². The zero-order chi connectivity index (χ0) is 10.6. The van der Waals surface area contributed by atoms with Crippen LogP contribution in [0.25, 0.3) is 12.2 Å². The van der Waals surface area contributed by atoms with Crippen LogP contribution in [-0.2, 0) is 0 Å². The molecule has 0 unspecified atom stereocenters. The molecule has 0 radical (unpaired) electrons. The van der Waals surface area contributed by atoms with Crippen molar-refractivity contribution in [3.63, 3.8) is 0 Å². The summed E-state index contributed by atoms with van der Waals surface area (Å²) in [5, 5.41) is 10.5. The van der Waals surface area contributed by atoms with E-state index in [4.69, 9.17) is 0 Å². The zero-order valence-electron chi connectivity index (χ0n) is 8.65. The average Bonchev–Trinajstić information content (AvgIpc) is 2.58. The number of rotatable bonds is 0. The molecule has 2 rings (SSSR count). The number of H-pyrrole nitrogens is 1. The number of nitrogens with zero attached hydrogens (tertiary/aromatic N) is 2. The molecule has 0 aliphatic heterocycles. The minimum absolute atomic E-state index is 0.199. The van der Waals surface area contributed by atoms with E-state index in [0.717, 1.165) is 11.4 Å². The maximum Gasteiger partial charge on any atom is 0.112 e. The molecule has 0 saturated heterocycles. The third-order valence-corrected chi connectivity index (χ3v) is 2.06. The maximum atomic E-state index is 4.43. The van der Waals surface area contributed by atoms with Gasteiger partial charge in [-0.15, -0.1) is 0 Å². The van der Waals surface area contributed by atoms with Crippen molar-refractivity contribution in [3.8, 4) is 0 Å². The predicted octanol–water partition coefficient (Wildman–Crippen LogP) is 2.56. The van der Waals surface area contributed by atoms with E-state index in [2.05, 4.69) is 28.0 Å². The first-order valence-electron chi connectivity index (χ1n) is 4.69.